The minimum atomic E-state index is -0.647. The first-order valence-electron chi connectivity index (χ1n) is 9.51. The topological polar surface area (TPSA) is 61.8 Å². The standard InChI is InChI=1S/C21H32O5/c1-5-6-9-18-10-12-19(13-11-18)20(22)26-17(4)8-7-14-24-21(23)25-15-16(2)3/h10-13,16-17H,5-9,14-15H2,1-4H3. The fraction of sp³-hybridized carbons (Fsp3) is 0.619. The maximum absolute atomic E-state index is 12.1. The number of unbranched alkanes of at least 4 members (excludes halogenated alkanes) is 1. The van der Waals surface area contributed by atoms with Gasteiger partial charge in [0.25, 0.3) is 0 Å². The Morgan fingerprint density at radius 1 is 1.00 bits per heavy atom. The molecule has 0 aliphatic rings. The molecular formula is C21H32O5. The van der Waals surface area contributed by atoms with Gasteiger partial charge in [-0.3, -0.25) is 0 Å². The number of esters is 1. The molecule has 0 heterocycles. The molecular weight excluding hydrogens is 332 g/mol. The Morgan fingerprint density at radius 2 is 1.69 bits per heavy atom. The molecule has 0 amide bonds. The highest BCUT2D eigenvalue weighted by atomic mass is 16.7. The number of carbonyl (C=O) groups excluding carboxylic acids is 2. The molecule has 5 heteroatoms. The summed E-state index contributed by atoms with van der Waals surface area (Å²) in [6.45, 7) is 8.52. The number of aryl methyl sites for hydroxylation is 1. The van der Waals surface area contributed by atoms with E-state index in [1.807, 2.05) is 45.0 Å². The summed E-state index contributed by atoms with van der Waals surface area (Å²) in [7, 11) is 0. The number of hydrogen-bond acceptors (Lipinski definition) is 5. The molecule has 0 saturated heterocycles. The molecule has 1 rings (SSSR count). The van der Waals surface area contributed by atoms with Gasteiger partial charge in [0.1, 0.15) is 0 Å². The lowest BCUT2D eigenvalue weighted by atomic mass is 10.1. The Bertz CT molecular complexity index is 536. The first-order valence-corrected chi connectivity index (χ1v) is 9.51. The maximum Gasteiger partial charge on any atom is 0.508 e. The van der Waals surface area contributed by atoms with E-state index >= 15 is 0 Å². The van der Waals surface area contributed by atoms with Crippen molar-refractivity contribution >= 4 is 12.1 Å². The van der Waals surface area contributed by atoms with Crippen molar-refractivity contribution in [1.29, 1.82) is 0 Å². The highest BCUT2D eigenvalue weighted by Crippen LogP contribution is 2.11. The lowest BCUT2D eigenvalue weighted by Crippen LogP contribution is -2.17. The Hall–Kier alpha value is -2.04. The van der Waals surface area contributed by atoms with Crippen molar-refractivity contribution in [2.24, 2.45) is 5.92 Å². The van der Waals surface area contributed by atoms with Gasteiger partial charge in [0.05, 0.1) is 24.9 Å². The van der Waals surface area contributed by atoms with Gasteiger partial charge in [0.2, 0.25) is 0 Å². The average molecular weight is 364 g/mol. The summed E-state index contributed by atoms with van der Waals surface area (Å²) in [5, 5.41) is 0. The summed E-state index contributed by atoms with van der Waals surface area (Å²) < 4.78 is 15.3. The van der Waals surface area contributed by atoms with Crippen molar-refractivity contribution in [2.75, 3.05) is 13.2 Å². The van der Waals surface area contributed by atoms with Crippen LogP contribution in [0.2, 0.25) is 0 Å². The summed E-state index contributed by atoms with van der Waals surface area (Å²) in [5.74, 6) is -0.0421. The van der Waals surface area contributed by atoms with Gasteiger partial charge in [-0.25, -0.2) is 9.59 Å². The van der Waals surface area contributed by atoms with Crippen molar-refractivity contribution in [3.8, 4) is 0 Å². The highest BCUT2D eigenvalue weighted by Gasteiger charge is 2.12. The summed E-state index contributed by atoms with van der Waals surface area (Å²) in [6, 6.07) is 7.59. The van der Waals surface area contributed by atoms with Gasteiger partial charge in [0, 0.05) is 0 Å². The van der Waals surface area contributed by atoms with Crippen molar-refractivity contribution in [3.63, 3.8) is 0 Å². The van der Waals surface area contributed by atoms with Crippen LogP contribution in [0.5, 0.6) is 0 Å². The molecule has 0 radical (unpaired) electrons. The Kier molecular flexibility index (Phi) is 10.4. The van der Waals surface area contributed by atoms with E-state index in [-0.39, 0.29) is 24.6 Å². The predicted octanol–water partition coefficient (Wildman–Crippen LogP) is 5.16. The van der Waals surface area contributed by atoms with E-state index in [0.29, 0.717) is 25.0 Å². The second kappa shape index (κ2) is 12.3. The molecule has 1 aromatic carbocycles. The third-order valence-electron chi connectivity index (χ3n) is 3.83. The molecule has 1 unspecified atom stereocenters. The van der Waals surface area contributed by atoms with Gasteiger partial charge in [-0.05, 0) is 56.2 Å². The van der Waals surface area contributed by atoms with Crippen molar-refractivity contribution < 1.29 is 23.8 Å². The molecule has 1 atom stereocenters. The van der Waals surface area contributed by atoms with E-state index in [4.69, 9.17) is 14.2 Å². The molecule has 0 aliphatic carbocycles. The van der Waals surface area contributed by atoms with E-state index < -0.39 is 6.16 Å². The van der Waals surface area contributed by atoms with Crippen molar-refractivity contribution in [3.05, 3.63) is 35.4 Å². The number of ether oxygens (including phenoxy) is 3. The van der Waals surface area contributed by atoms with Crippen LogP contribution in [0, 0.1) is 5.92 Å². The highest BCUT2D eigenvalue weighted by molar-refractivity contribution is 5.89. The van der Waals surface area contributed by atoms with Gasteiger partial charge in [0.15, 0.2) is 0 Å². The van der Waals surface area contributed by atoms with Crippen LogP contribution in [0.1, 0.15) is 69.3 Å². The summed E-state index contributed by atoms with van der Waals surface area (Å²) in [4.78, 5) is 23.5. The number of hydrogen-bond donors (Lipinski definition) is 0. The average Bonchev–Trinajstić information content (AvgIpc) is 2.62. The zero-order valence-corrected chi connectivity index (χ0v) is 16.5. The van der Waals surface area contributed by atoms with E-state index in [9.17, 15) is 9.59 Å². The zero-order valence-electron chi connectivity index (χ0n) is 16.5. The van der Waals surface area contributed by atoms with E-state index in [1.165, 1.54) is 5.56 Å². The van der Waals surface area contributed by atoms with Crippen LogP contribution in [-0.2, 0) is 20.6 Å². The summed E-state index contributed by atoms with van der Waals surface area (Å²) in [5.41, 5.74) is 1.79. The molecule has 0 spiro atoms. The lowest BCUT2D eigenvalue weighted by Gasteiger charge is -2.13. The quantitative estimate of drug-likeness (QED) is 0.401. The van der Waals surface area contributed by atoms with Crippen LogP contribution in [0.3, 0.4) is 0 Å². The summed E-state index contributed by atoms with van der Waals surface area (Å²) >= 11 is 0. The van der Waals surface area contributed by atoms with Crippen LogP contribution in [0.15, 0.2) is 24.3 Å². The van der Waals surface area contributed by atoms with Crippen LogP contribution >= 0.6 is 0 Å². The largest absolute Gasteiger partial charge is 0.508 e. The van der Waals surface area contributed by atoms with Crippen LogP contribution < -0.4 is 0 Å². The molecule has 0 saturated carbocycles. The number of rotatable bonds is 11. The van der Waals surface area contributed by atoms with Gasteiger partial charge in [-0.15, -0.1) is 0 Å². The van der Waals surface area contributed by atoms with Crippen LogP contribution in [-0.4, -0.2) is 31.4 Å². The third-order valence-corrected chi connectivity index (χ3v) is 3.83. The molecule has 0 N–H and O–H groups in total. The van der Waals surface area contributed by atoms with Crippen molar-refractivity contribution in [2.45, 2.75) is 65.9 Å². The number of carbonyl (C=O) groups is 2. The fourth-order valence-corrected chi connectivity index (χ4v) is 2.30. The van der Waals surface area contributed by atoms with Crippen molar-refractivity contribution in [1.82, 2.24) is 0 Å². The zero-order chi connectivity index (χ0) is 19.4. The first-order chi connectivity index (χ1) is 12.4. The predicted molar refractivity (Wildman–Crippen MR) is 101 cm³/mol. The minimum Gasteiger partial charge on any atom is -0.459 e. The van der Waals surface area contributed by atoms with Gasteiger partial charge >= 0.3 is 12.1 Å². The maximum atomic E-state index is 12.1. The second-order valence-corrected chi connectivity index (χ2v) is 6.96. The summed E-state index contributed by atoms with van der Waals surface area (Å²) in [6.07, 6.45) is 3.68. The third kappa shape index (κ3) is 9.44. The van der Waals surface area contributed by atoms with E-state index in [0.717, 1.165) is 19.3 Å². The molecule has 0 aliphatic heterocycles. The minimum absolute atomic E-state index is 0.238. The van der Waals surface area contributed by atoms with E-state index in [1.54, 1.807) is 0 Å². The monoisotopic (exact) mass is 364 g/mol. The van der Waals surface area contributed by atoms with Gasteiger partial charge in [-0.1, -0.05) is 39.3 Å². The fourth-order valence-electron chi connectivity index (χ4n) is 2.30. The molecule has 0 bridgehead atoms. The SMILES string of the molecule is CCCCc1ccc(C(=O)OC(C)CCCOC(=O)OCC(C)C)cc1. The Labute approximate surface area is 157 Å². The molecule has 146 valence electrons. The van der Waals surface area contributed by atoms with Crippen LogP contribution in [0.4, 0.5) is 4.79 Å². The van der Waals surface area contributed by atoms with Crippen LogP contribution in [0.25, 0.3) is 0 Å². The smallest absolute Gasteiger partial charge is 0.459 e. The molecule has 0 aromatic heterocycles. The molecule has 5 nitrogen and oxygen atoms in total. The lowest BCUT2D eigenvalue weighted by molar-refractivity contribution is 0.0260. The van der Waals surface area contributed by atoms with E-state index in [2.05, 4.69) is 6.92 Å². The molecule has 26 heavy (non-hydrogen) atoms. The molecule has 0 fully saturated rings. The van der Waals surface area contributed by atoms with Gasteiger partial charge < -0.3 is 14.2 Å². The second-order valence-electron chi connectivity index (χ2n) is 6.96. The normalized spacial score (nSPS) is 11.9. The Balaban J connectivity index is 2.24. The first kappa shape index (κ1) is 22.0. The van der Waals surface area contributed by atoms with Gasteiger partial charge in [-0.2, -0.15) is 0 Å². The number of benzene rings is 1. The molecule has 1 aromatic rings. The Morgan fingerprint density at radius 3 is 2.31 bits per heavy atom.